The second-order valence-corrected chi connectivity index (χ2v) is 7.25. The van der Waals surface area contributed by atoms with E-state index in [2.05, 4.69) is 22.1 Å². The average molecular weight is 382 g/mol. The molecule has 6 nitrogen and oxygen atoms in total. The monoisotopic (exact) mass is 382 g/mol. The van der Waals surface area contributed by atoms with Crippen molar-refractivity contribution in [3.63, 3.8) is 0 Å². The molecule has 2 rings (SSSR count). The van der Waals surface area contributed by atoms with Gasteiger partial charge in [-0.1, -0.05) is 35.2 Å². The lowest BCUT2D eigenvalue weighted by atomic mass is 10.2. The van der Waals surface area contributed by atoms with Crippen molar-refractivity contribution in [1.29, 1.82) is 0 Å². The molecule has 0 aliphatic heterocycles. The highest BCUT2D eigenvalue weighted by molar-refractivity contribution is 8.01. The van der Waals surface area contributed by atoms with E-state index in [0.29, 0.717) is 28.1 Å². The summed E-state index contributed by atoms with van der Waals surface area (Å²) in [6, 6.07) is 4.66. The summed E-state index contributed by atoms with van der Waals surface area (Å²) in [5, 5.41) is 11.7. The summed E-state index contributed by atoms with van der Waals surface area (Å²) < 4.78 is 19.3. The van der Waals surface area contributed by atoms with E-state index in [1.165, 1.54) is 36.3 Å². The maximum absolute atomic E-state index is 13.7. The fourth-order valence-electron chi connectivity index (χ4n) is 1.90. The van der Waals surface area contributed by atoms with E-state index in [1.54, 1.807) is 30.2 Å². The fourth-order valence-corrected chi connectivity index (χ4v) is 3.60. The van der Waals surface area contributed by atoms with Gasteiger partial charge >= 0.3 is 0 Å². The lowest BCUT2D eigenvalue weighted by molar-refractivity contribution is -0.127. The number of hydrogen-bond donors (Lipinski definition) is 1. The van der Waals surface area contributed by atoms with Crippen LogP contribution in [0.3, 0.4) is 0 Å². The first-order valence-corrected chi connectivity index (χ1v) is 9.21. The molecule has 0 fully saturated rings. The van der Waals surface area contributed by atoms with Crippen LogP contribution in [-0.4, -0.2) is 47.5 Å². The Labute approximate surface area is 154 Å². The molecular formula is C16H19FN4O2S2. The number of anilines is 1. The minimum Gasteiger partial charge on any atom is -0.494 e. The second-order valence-electron chi connectivity index (χ2n) is 5.05. The Balaban J connectivity index is 1.84. The molecule has 0 bridgehead atoms. The van der Waals surface area contributed by atoms with Crippen LogP contribution < -0.4 is 10.1 Å². The van der Waals surface area contributed by atoms with Crippen molar-refractivity contribution < 1.29 is 13.9 Å². The predicted molar refractivity (Wildman–Crippen MR) is 98.7 cm³/mol. The summed E-state index contributed by atoms with van der Waals surface area (Å²) in [5.74, 6) is -0.0864. The van der Waals surface area contributed by atoms with Gasteiger partial charge in [-0.3, -0.25) is 4.79 Å². The van der Waals surface area contributed by atoms with Crippen molar-refractivity contribution in [3.05, 3.63) is 42.2 Å². The minimum atomic E-state index is -0.441. The molecule has 0 spiro atoms. The number of carbonyl (C=O) groups is 1. The van der Waals surface area contributed by atoms with Gasteiger partial charge in [-0.05, 0) is 17.7 Å². The van der Waals surface area contributed by atoms with Gasteiger partial charge in [0.25, 0.3) is 0 Å². The SMILES string of the molecule is C=CCNc1nnc(SCC(=O)N(C)Cc2ccc(OC)c(F)c2)s1. The Morgan fingerprint density at radius 1 is 1.52 bits per heavy atom. The van der Waals surface area contributed by atoms with Gasteiger partial charge in [-0.2, -0.15) is 0 Å². The number of thioether (sulfide) groups is 1. The van der Waals surface area contributed by atoms with Crippen LogP contribution >= 0.6 is 23.1 Å². The number of hydrogen-bond acceptors (Lipinski definition) is 7. The molecule has 0 atom stereocenters. The van der Waals surface area contributed by atoms with Crippen molar-refractivity contribution in [2.75, 3.05) is 31.8 Å². The maximum Gasteiger partial charge on any atom is 0.233 e. The van der Waals surface area contributed by atoms with Crippen LogP contribution in [0, 0.1) is 5.82 Å². The number of ether oxygens (including phenoxy) is 1. The van der Waals surface area contributed by atoms with E-state index in [9.17, 15) is 9.18 Å². The van der Waals surface area contributed by atoms with Gasteiger partial charge in [0.2, 0.25) is 11.0 Å². The van der Waals surface area contributed by atoms with Gasteiger partial charge < -0.3 is 15.0 Å². The molecule has 1 N–H and O–H groups in total. The molecule has 0 unspecified atom stereocenters. The molecule has 9 heteroatoms. The zero-order chi connectivity index (χ0) is 18.2. The number of nitrogens with one attached hydrogen (secondary N) is 1. The molecule has 1 aromatic carbocycles. The second kappa shape index (κ2) is 9.38. The molecule has 0 aliphatic carbocycles. The quantitative estimate of drug-likeness (QED) is 0.531. The molecular weight excluding hydrogens is 363 g/mol. The van der Waals surface area contributed by atoms with Crippen LogP contribution in [0.25, 0.3) is 0 Å². The van der Waals surface area contributed by atoms with Crippen LogP contribution in [0.5, 0.6) is 5.75 Å². The smallest absolute Gasteiger partial charge is 0.233 e. The van der Waals surface area contributed by atoms with Crippen molar-refractivity contribution in [2.24, 2.45) is 0 Å². The first-order chi connectivity index (χ1) is 12.0. The Kier molecular flexibility index (Phi) is 7.20. The van der Waals surface area contributed by atoms with Gasteiger partial charge in [-0.15, -0.1) is 16.8 Å². The topological polar surface area (TPSA) is 67.4 Å². The van der Waals surface area contributed by atoms with Crippen LogP contribution in [0.15, 0.2) is 35.2 Å². The molecule has 1 heterocycles. The molecule has 25 heavy (non-hydrogen) atoms. The number of rotatable bonds is 9. The zero-order valence-electron chi connectivity index (χ0n) is 14.0. The normalized spacial score (nSPS) is 10.4. The molecule has 134 valence electrons. The third kappa shape index (κ3) is 5.71. The Morgan fingerprint density at radius 3 is 3.00 bits per heavy atom. The summed E-state index contributed by atoms with van der Waals surface area (Å²) >= 11 is 2.71. The zero-order valence-corrected chi connectivity index (χ0v) is 15.6. The first kappa shape index (κ1) is 19.2. The molecule has 0 radical (unpaired) electrons. The van der Waals surface area contributed by atoms with E-state index in [-0.39, 0.29) is 17.4 Å². The number of aromatic nitrogens is 2. The fraction of sp³-hybridized carbons (Fsp3) is 0.312. The lowest BCUT2D eigenvalue weighted by Crippen LogP contribution is -2.27. The third-order valence-corrected chi connectivity index (χ3v) is 5.18. The van der Waals surface area contributed by atoms with Crippen molar-refractivity contribution in [1.82, 2.24) is 15.1 Å². The third-order valence-electron chi connectivity index (χ3n) is 3.18. The van der Waals surface area contributed by atoms with Gasteiger partial charge in [0.05, 0.1) is 12.9 Å². The number of methoxy groups -OCH3 is 1. The van der Waals surface area contributed by atoms with Gasteiger partial charge in [0.15, 0.2) is 15.9 Å². The summed E-state index contributed by atoms with van der Waals surface area (Å²) in [7, 11) is 3.10. The minimum absolute atomic E-state index is 0.0722. The number of carbonyl (C=O) groups excluding carboxylic acids is 1. The molecule has 1 aromatic heterocycles. The standard InChI is InChI=1S/C16H19FN4O2S2/c1-4-7-18-15-19-20-16(25-15)24-10-14(22)21(2)9-11-5-6-13(23-3)12(17)8-11/h4-6,8H,1,7,9-10H2,2-3H3,(H,18,19). The van der Waals surface area contributed by atoms with E-state index < -0.39 is 5.82 Å². The summed E-state index contributed by atoms with van der Waals surface area (Å²) in [6.07, 6.45) is 1.73. The van der Waals surface area contributed by atoms with Crippen molar-refractivity contribution in [3.8, 4) is 5.75 Å². The predicted octanol–water partition coefficient (Wildman–Crippen LogP) is 3.03. The molecule has 0 saturated carbocycles. The Morgan fingerprint density at radius 2 is 2.32 bits per heavy atom. The van der Waals surface area contributed by atoms with E-state index >= 15 is 0 Å². The lowest BCUT2D eigenvalue weighted by Gasteiger charge is -2.17. The van der Waals surface area contributed by atoms with Crippen LogP contribution in [0.1, 0.15) is 5.56 Å². The number of benzene rings is 1. The van der Waals surface area contributed by atoms with Gasteiger partial charge in [-0.25, -0.2) is 4.39 Å². The molecule has 0 saturated heterocycles. The summed E-state index contributed by atoms with van der Waals surface area (Å²) in [6.45, 7) is 4.55. The largest absolute Gasteiger partial charge is 0.494 e. The highest BCUT2D eigenvalue weighted by Crippen LogP contribution is 2.25. The molecule has 1 amide bonds. The van der Waals surface area contributed by atoms with Crippen LogP contribution in [0.2, 0.25) is 0 Å². The molecule has 2 aromatic rings. The number of halogens is 1. The highest BCUT2D eigenvalue weighted by atomic mass is 32.2. The highest BCUT2D eigenvalue weighted by Gasteiger charge is 2.13. The number of amides is 1. The summed E-state index contributed by atoms with van der Waals surface area (Å²) in [4.78, 5) is 13.8. The Bertz CT molecular complexity index is 739. The Hall–Kier alpha value is -2.13. The van der Waals surface area contributed by atoms with Crippen molar-refractivity contribution in [2.45, 2.75) is 10.9 Å². The van der Waals surface area contributed by atoms with E-state index in [4.69, 9.17) is 4.74 Å². The maximum atomic E-state index is 13.7. The first-order valence-electron chi connectivity index (χ1n) is 7.41. The number of nitrogens with zero attached hydrogens (tertiary/aromatic N) is 3. The van der Waals surface area contributed by atoms with Crippen molar-refractivity contribution >= 4 is 34.1 Å². The van der Waals surface area contributed by atoms with Crippen LogP contribution in [0.4, 0.5) is 9.52 Å². The van der Waals surface area contributed by atoms with Gasteiger partial charge in [0.1, 0.15) is 0 Å². The van der Waals surface area contributed by atoms with Crippen LogP contribution in [-0.2, 0) is 11.3 Å². The van der Waals surface area contributed by atoms with E-state index in [0.717, 1.165) is 0 Å². The molecule has 0 aliphatic rings. The summed E-state index contributed by atoms with van der Waals surface area (Å²) in [5.41, 5.74) is 0.700. The average Bonchev–Trinajstić information content (AvgIpc) is 3.05. The van der Waals surface area contributed by atoms with Gasteiger partial charge in [0, 0.05) is 20.1 Å². The van der Waals surface area contributed by atoms with E-state index in [1.807, 2.05) is 0 Å².